The number of nitriles is 1. The summed E-state index contributed by atoms with van der Waals surface area (Å²) >= 11 is 16.0. The molecule has 95 heavy (non-hydrogen) atoms. The first kappa shape index (κ1) is 78.4. The smallest absolute Gasteiger partial charge is 0.348 e. The van der Waals surface area contributed by atoms with Gasteiger partial charge in [0.05, 0.1) is 12.3 Å². The van der Waals surface area contributed by atoms with E-state index in [2.05, 4.69) is 133 Å². The molecule has 0 spiro atoms. The summed E-state index contributed by atoms with van der Waals surface area (Å²) in [7, 11) is 0. The molecule has 6 heterocycles. The molecule has 0 aliphatic heterocycles. The number of aryl methyl sites for hydroxylation is 6. The minimum Gasteiger partial charge on any atom is -0.461 e. The van der Waals surface area contributed by atoms with Crippen LogP contribution in [0.3, 0.4) is 0 Å². The quantitative estimate of drug-likeness (QED) is 0.00996. The van der Waals surface area contributed by atoms with Gasteiger partial charge in [0.25, 0.3) is 0 Å². The largest absolute Gasteiger partial charge is 0.461 e. The third-order valence-electron chi connectivity index (χ3n) is 19.2. The van der Waals surface area contributed by atoms with Gasteiger partial charge in [0.1, 0.15) is 17.4 Å². The number of unbranched alkanes of at least 4 members (excludes halogenated alkanes) is 26. The fraction of sp³-hybridized carbons (Fsp3) is 0.590. The zero-order chi connectivity index (χ0) is 67.6. The van der Waals surface area contributed by atoms with Crippen molar-refractivity contribution in [3.8, 4) is 45.1 Å². The summed E-state index contributed by atoms with van der Waals surface area (Å²) in [6.07, 6.45) is 53.5. The van der Waals surface area contributed by atoms with Crippen molar-refractivity contribution in [3.63, 3.8) is 0 Å². The predicted molar refractivity (Wildman–Crippen MR) is 430 cm³/mol. The fourth-order valence-corrected chi connectivity index (χ4v) is 20.9. The summed E-state index contributed by atoms with van der Waals surface area (Å²) in [5.41, 5.74) is 10.2. The minimum atomic E-state index is -0.509. The normalized spacial score (nSPS) is 13.5. The van der Waals surface area contributed by atoms with Crippen LogP contribution in [0.15, 0.2) is 64.6 Å². The molecule has 1 N–H and O–H groups in total. The Morgan fingerprint density at radius 1 is 0.484 bits per heavy atom. The van der Waals surface area contributed by atoms with E-state index >= 15 is 0 Å². The van der Waals surface area contributed by atoms with Crippen LogP contribution in [0.5, 0.6) is 0 Å². The van der Waals surface area contributed by atoms with Crippen molar-refractivity contribution in [2.75, 3.05) is 6.61 Å². The molecule has 0 radical (unpaired) electrons. The van der Waals surface area contributed by atoms with Gasteiger partial charge in [0.2, 0.25) is 0 Å². The lowest BCUT2D eigenvalue weighted by atomic mass is 9.91. The summed E-state index contributed by atoms with van der Waals surface area (Å²) < 4.78 is 10.5. The molecule has 1 unspecified atom stereocenters. The van der Waals surface area contributed by atoms with Crippen LogP contribution in [0, 0.1) is 29.6 Å². The average Bonchev–Trinajstić information content (AvgIpc) is 1.66. The third-order valence-corrected chi connectivity index (χ3v) is 27.0. The SMILES string of the molecule is CCCCCCCCc1cc(C2=CC=C(c3cc(CCCCCCCC)c(-c4cc(CCCCCCCC)c(-c5ccc(-c6sc(-c7sc(/C=C(\C#N)C(=O)OCC(CC)CCCC)cc7CCCCCCCC)cc6CCCCCCCC)s5)s4)s3)/C(=N/S)C2=N)sc1C. The number of thiophene rings is 6. The number of esters is 1. The Morgan fingerprint density at radius 2 is 0.863 bits per heavy atom. The van der Waals surface area contributed by atoms with Gasteiger partial charge >= 0.3 is 5.97 Å². The molecule has 0 aromatic carbocycles. The Balaban J connectivity index is 1.27. The summed E-state index contributed by atoms with van der Waals surface area (Å²) in [6, 6.07) is 19.3. The predicted octanol–water partition coefficient (Wildman–Crippen LogP) is 29.0. The van der Waals surface area contributed by atoms with Crippen molar-refractivity contribution in [2.24, 2.45) is 10.3 Å². The summed E-state index contributed by atoms with van der Waals surface area (Å²) in [6.45, 7) is 18.4. The molecule has 518 valence electrons. The van der Waals surface area contributed by atoms with E-state index in [0.29, 0.717) is 23.9 Å². The molecule has 1 atom stereocenters. The molecular formula is C83H117N3O2S7. The molecule has 12 heteroatoms. The highest BCUT2D eigenvalue weighted by atomic mass is 32.1. The molecule has 7 rings (SSSR count). The second-order valence-electron chi connectivity index (χ2n) is 27.0. The number of hydrogen-bond acceptors (Lipinski definition) is 12. The summed E-state index contributed by atoms with van der Waals surface area (Å²) in [4.78, 5) is 29.0. The number of nitrogens with zero attached hydrogens (tertiary/aromatic N) is 2. The highest BCUT2D eigenvalue weighted by Gasteiger charge is 2.28. The molecule has 6 aromatic rings. The van der Waals surface area contributed by atoms with Gasteiger partial charge in [-0.1, -0.05) is 240 Å². The zero-order valence-electron chi connectivity index (χ0n) is 59.7. The van der Waals surface area contributed by atoms with Crippen LogP contribution in [0.1, 0.15) is 314 Å². The van der Waals surface area contributed by atoms with Crippen LogP contribution in [0.2, 0.25) is 0 Å². The Kier molecular flexibility index (Phi) is 36.5. The van der Waals surface area contributed by atoms with Gasteiger partial charge in [0.15, 0.2) is 0 Å². The maximum Gasteiger partial charge on any atom is 0.348 e. The molecule has 0 amide bonds. The Morgan fingerprint density at radius 3 is 1.32 bits per heavy atom. The Labute approximate surface area is 606 Å². The topological polar surface area (TPSA) is 86.3 Å². The first-order valence-electron chi connectivity index (χ1n) is 37.8. The van der Waals surface area contributed by atoms with Crippen LogP contribution in [0.25, 0.3) is 56.2 Å². The van der Waals surface area contributed by atoms with Crippen molar-refractivity contribution >= 4 is 115 Å². The number of allylic oxidation sites excluding steroid dienone is 4. The summed E-state index contributed by atoms with van der Waals surface area (Å²) in [5.74, 6) is -0.199. The highest BCUT2D eigenvalue weighted by Crippen LogP contribution is 2.51. The van der Waals surface area contributed by atoms with Crippen molar-refractivity contribution in [1.82, 2.24) is 0 Å². The van der Waals surface area contributed by atoms with E-state index in [0.717, 1.165) is 91.5 Å². The van der Waals surface area contributed by atoms with Gasteiger partial charge < -0.3 is 4.74 Å². The molecule has 0 saturated heterocycles. The number of hydrogen-bond donors (Lipinski definition) is 2. The monoisotopic (exact) mass is 1410 g/mol. The van der Waals surface area contributed by atoms with E-state index in [9.17, 15) is 15.5 Å². The van der Waals surface area contributed by atoms with Crippen LogP contribution in [-0.4, -0.2) is 24.0 Å². The minimum absolute atomic E-state index is 0.0835. The Bertz CT molecular complexity index is 3430. The van der Waals surface area contributed by atoms with E-state index in [1.807, 2.05) is 56.7 Å². The van der Waals surface area contributed by atoms with Crippen LogP contribution in [0.4, 0.5) is 0 Å². The highest BCUT2D eigenvalue weighted by molar-refractivity contribution is 7.79. The van der Waals surface area contributed by atoms with Crippen molar-refractivity contribution < 1.29 is 9.53 Å². The van der Waals surface area contributed by atoms with Crippen LogP contribution < -0.4 is 0 Å². The average molecular weight is 1410 g/mol. The molecule has 0 bridgehead atoms. The molecule has 6 aromatic heterocycles. The lowest BCUT2D eigenvalue weighted by molar-refractivity contribution is -0.139. The maximum atomic E-state index is 13.6. The molecule has 0 saturated carbocycles. The summed E-state index contributed by atoms with van der Waals surface area (Å²) in [5, 5.41) is 20.1. The molecule has 5 nitrogen and oxygen atoms in total. The third kappa shape index (κ3) is 24.4. The standard InChI is InChI=1S/C83H117N3O2S7/c1-9-16-22-27-32-37-43-62-54-73(90-60(62)8)69-48-49-70(78(86-89)77(69)85)74-55-64(45-39-34-29-24-18-11-3)82(93-74)76-57-66(47-41-36-31-26-20-13-5)80(95-76)72-51-50-71(92-72)79-65(46-40-35-30-25-19-12-4)56-75(94-79)81-63(44-38-33-28-23-17-10-2)52-68(91-81)53-67(58-84)83(87)88-59-61(15-7)42-21-14-6/h48-57,61,85,89H,9-47,59H2,1-8H3/b67-53+,85-77?,86-78-. The van der Waals surface area contributed by atoms with Crippen molar-refractivity contribution in [1.29, 1.82) is 10.7 Å². The van der Waals surface area contributed by atoms with E-state index in [4.69, 9.17) is 4.74 Å². The molecular weight excluding hydrogens is 1300 g/mol. The maximum absolute atomic E-state index is 13.6. The van der Waals surface area contributed by atoms with Gasteiger partial charge in [-0.05, 0) is 173 Å². The number of thiol groups is 1. The van der Waals surface area contributed by atoms with Crippen molar-refractivity contribution in [2.45, 2.75) is 306 Å². The second kappa shape index (κ2) is 44.3. The van der Waals surface area contributed by atoms with Crippen LogP contribution >= 0.6 is 80.8 Å². The number of rotatable bonds is 49. The van der Waals surface area contributed by atoms with Gasteiger partial charge in [-0.2, -0.15) is 5.26 Å². The lowest BCUT2D eigenvalue weighted by Gasteiger charge is -2.16. The number of ether oxygens (including phenoxy) is 1. The van der Waals surface area contributed by atoms with Crippen LogP contribution in [-0.2, 0) is 41.6 Å². The van der Waals surface area contributed by atoms with E-state index in [-0.39, 0.29) is 5.57 Å². The van der Waals surface area contributed by atoms with Gasteiger partial charge in [-0.3, -0.25) is 5.41 Å². The Hall–Kier alpha value is -3.93. The number of carbonyl (C=O) groups excluding carboxylic acids is 1. The number of carbonyl (C=O) groups is 1. The number of nitrogens with one attached hydrogen (secondary N) is 1. The second-order valence-corrected chi connectivity index (χ2v) is 33.8. The first-order valence-corrected chi connectivity index (χ1v) is 43.1. The van der Waals surface area contributed by atoms with Gasteiger partial charge in [0, 0.05) is 69.7 Å². The lowest BCUT2D eigenvalue weighted by Crippen LogP contribution is -2.18. The van der Waals surface area contributed by atoms with Gasteiger partial charge in [-0.15, -0.1) is 68.0 Å². The van der Waals surface area contributed by atoms with E-state index in [1.54, 1.807) is 17.4 Å². The van der Waals surface area contributed by atoms with E-state index in [1.165, 1.54) is 256 Å². The van der Waals surface area contributed by atoms with Crippen molar-refractivity contribution in [3.05, 3.63) is 108 Å². The fourth-order valence-electron chi connectivity index (χ4n) is 13.3. The molecule has 1 aliphatic rings. The first-order chi connectivity index (χ1) is 46.5. The van der Waals surface area contributed by atoms with E-state index < -0.39 is 5.97 Å². The molecule has 1 aliphatic carbocycles. The van der Waals surface area contributed by atoms with Gasteiger partial charge in [-0.25, -0.2) is 9.19 Å². The zero-order valence-corrected chi connectivity index (χ0v) is 65.5. The molecule has 0 fully saturated rings.